The highest BCUT2D eigenvalue weighted by atomic mass is 16.7. The maximum Gasteiger partial charge on any atom is 0.231 e. The van der Waals surface area contributed by atoms with Crippen molar-refractivity contribution in [3.63, 3.8) is 0 Å². The Bertz CT molecular complexity index is 816. The topological polar surface area (TPSA) is 56.6 Å². The molecule has 0 N–H and O–H groups in total. The van der Waals surface area contributed by atoms with Crippen LogP contribution >= 0.6 is 0 Å². The quantitative estimate of drug-likeness (QED) is 0.828. The Morgan fingerprint density at radius 1 is 1.23 bits per heavy atom. The molecule has 1 amide bonds. The Labute approximate surface area is 153 Å². The van der Waals surface area contributed by atoms with Crippen molar-refractivity contribution in [3.8, 4) is 11.5 Å². The average Bonchev–Trinajstić information content (AvgIpc) is 3.24. The second kappa shape index (κ2) is 6.67. The number of nitrogens with zero attached hydrogens (tertiary/aromatic N) is 3. The molecule has 6 nitrogen and oxygen atoms in total. The molecule has 0 radical (unpaired) electrons. The molecule has 6 heteroatoms. The maximum absolute atomic E-state index is 12.4. The number of ether oxygens (including phenoxy) is 2. The van der Waals surface area contributed by atoms with Crippen LogP contribution in [0.1, 0.15) is 30.9 Å². The van der Waals surface area contributed by atoms with Gasteiger partial charge in [-0.15, -0.1) is 0 Å². The molecule has 0 aliphatic carbocycles. The van der Waals surface area contributed by atoms with Gasteiger partial charge in [0.05, 0.1) is 12.7 Å². The van der Waals surface area contributed by atoms with Crippen molar-refractivity contribution in [2.45, 2.75) is 39.7 Å². The van der Waals surface area contributed by atoms with E-state index in [1.54, 1.807) is 0 Å². The summed E-state index contributed by atoms with van der Waals surface area (Å²) in [4.78, 5) is 14.4. The molecule has 0 unspecified atom stereocenters. The van der Waals surface area contributed by atoms with Crippen LogP contribution in [0.2, 0.25) is 0 Å². The summed E-state index contributed by atoms with van der Waals surface area (Å²) in [5, 5.41) is 4.32. The second-order valence-electron chi connectivity index (χ2n) is 7.77. The van der Waals surface area contributed by atoms with Crippen molar-refractivity contribution >= 4 is 5.91 Å². The number of fused-ring (bicyclic) bond motifs is 1. The van der Waals surface area contributed by atoms with Crippen molar-refractivity contribution in [2.75, 3.05) is 19.9 Å². The van der Waals surface area contributed by atoms with Crippen LogP contribution in [0.25, 0.3) is 0 Å². The standard InChI is InChI=1S/C20H25N3O3/c1-15-11-21-23(12-15)8-7-22-13-20(2,6-5-19(22)24)10-16-3-4-17-18(9-16)26-14-25-17/h3-4,9,11-12H,5-8,10,13-14H2,1-2H3/t20-/m1/s1. The first-order chi connectivity index (χ1) is 12.5. The van der Waals surface area contributed by atoms with Gasteiger partial charge in [-0.2, -0.15) is 5.10 Å². The molecule has 4 rings (SSSR count). The summed E-state index contributed by atoms with van der Waals surface area (Å²) in [7, 11) is 0. The molecule has 2 aliphatic rings. The SMILES string of the molecule is Cc1cnn(CCN2C[C@@](C)(Cc3ccc4c(c3)OCO4)CCC2=O)c1. The number of aryl methyl sites for hydroxylation is 1. The summed E-state index contributed by atoms with van der Waals surface area (Å²) in [6.45, 7) is 6.81. The lowest BCUT2D eigenvalue weighted by Gasteiger charge is -2.40. The lowest BCUT2D eigenvalue weighted by atomic mass is 9.76. The van der Waals surface area contributed by atoms with Gasteiger partial charge in [0.25, 0.3) is 0 Å². The number of rotatable bonds is 5. The third kappa shape index (κ3) is 3.54. The molecule has 3 heterocycles. The molecular weight excluding hydrogens is 330 g/mol. The molecule has 1 aromatic heterocycles. The van der Waals surface area contributed by atoms with Gasteiger partial charge in [0.2, 0.25) is 12.7 Å². The predicted molar refractivity (Wildman–Crippen MR) is 97.2 cm³/mol. The van der Waals surface area contributed by atoms with Gasteiger partial charge < -0.3 is 14.4 Å². The number of carbonyl (C=O) groups is 1. The van der Waals surface area contributed by atoms with E-state index in [4.69, 9.17) is 9.47 Å². The van der Waals surface area contributed by atoms with Crippen molar-refractivity contribution in [1.29, 1.82) is 0 Å². The fraction of sp³-hybridized carbons (Fsp3) is 0.500. The van der Waals surface area contributed by atoms with Crippen molar-refractivity contribution in [1.82, 2.24) is 14.7 Å². The van der Waals surface area contributed by atoms with E-state index in [0.717, 1.165) is 43.0 Å². The molecule has 0 bridgehead atoms. The Hall–Kier alpha value is -2.50. The highest BCUT2D eigenvalue weighted by Crippen LogP contribution is 2.37. The molecule has 1 atom stereocenters. The first kappa shape index (κ1) is 16.9. The first-order valence-corrected chi connectivity index (χ1v) is 9.16. The molecule has 1 saturated heterocycles. The van der Waals surface area contributed by atoms with Gasteiger partial charge in [0, 0.05) is 25.7 Å². The summed E-state index contributed by atoms with van der Waals surface area (Å²) in [6, 6.07) is 6.15. The van der Waals surface area contributed by atoms with Gasteiger partial charge >= 0.3 is 0 Å². The molecule has 1 fully saturated rings. The number of amides is 1. The van der Waals surface area contributed by atoms with Crippen LogP contribution in [0.3, 0.4) is 0 Å². The summed E-state index contributed by atoms with van der Waals surface area (Å²) >= 11 is 0. The third-order valence-corrected chi connectivity index (χ3v) is 5.30. The van der Waals surface area contributed by atoms with Crippen LogP contribution < -0.4 is 9.47 Å². The van der Waals surface area contributed by atoms with Gasteiger partial charge in [-0.05, 0) is 48.4 Å². The lowest BCUT2D eigenvalue weighted by molar-refractivity contribution is -0.137. The molecule has 138 valence electrons. The van der Waals surface area contributed by atoms with Crippen LogP contribution in [0.15, 0.2) is 30.6 Å². The number of benzene rings is 1. The molecular formula is C20H25N3O3. The van der Waals surface area contributed by atoms with E-state index in [1.807, 2.05) is 35.0 Å². The normalized spacial score (nSPS) is 22.1. The summed E-state index contributed by atoms with van der Waals surface area (Å²) in [6.07, 6.45) is 6.31. The molecule has 2 aromatic rings. The fourth-order valence-corrected chi connectivity index (χ4v) is 3.90. The van der Waals surface area contributed by atoms with Gasteiger partial charge in [0.1, 0.15) is 0 Å². The molecule has 2 aliphatic heterocycles. The average molecular weight is 355 g/mol. The van der Waals surface area contributed by atoms with Gasteiger partial charge in [-0.3, -0.25) is 9.48 Å². The number of carbonyl (C=O) groups excluding carboxylic acids is 1. The number of likely N-dealkylation sites (tertiary alicyclic amines) is 1. The zero-order valence-electron chi connectivity index (χ0n) is 15.4. The highest BCUT2D eigenvalue weighted by Gasteiger charge is 2.35. The van der Waals surface area contributed by atoms with Crippen molar-refractivity contribution in [3.05, 3.63) is 41.7 Å². The van der Waals surface area contributed by atoms with Gasteiger partial charge in [-0.25, -0.2) is 0 Å². The summed E-state index contributed by atoms with van der Waals surface area (Å²) in [5.74, 6) is 1.88. The number of hydrogen-bond acceptors (Lipinski definition) is 4. The van der Waals surface area contributed by atoms with Crippen LogP contribution in [-0.4, -0.2) is 40.5 Å². The highest BCUT2D eigenvalue weighted by molar-refractivity contribution is 5.77. The van der Waals surface area contributed by atoms with E-state index >= 15 is 0 Å². The molecule has 1 aromatic carbocycles. The monoisotopic (exact) mass is 355 g/mol. The third-order valence-electron chi connectivity index (χ3n) is 5.30. The smallest absolute Gasteiger partial charge is 0.231 e. The fourth-order valence-electron chi connectivity index (χ4n) is 3.90. The number of hydrogen-bond donors (Lipinski definition) is 0. The van der Waals surface area contributed by atoms with E-state index in [2.05, 4.69) is 24.2 Å². The zero-order valence-corrected chi connectivity index (χ0v) is 15.4. The number of aromatic nitrogens is 2. The lowest BCUT2D eigenvalue weighted by Crippen LogP contribution is -2.47. The largest absolute Gasteiger partial charge is 0.454 e. The predicted octanol–water partition coefficient (Wildman–Crippen LogP) is 2.79. The minimum absolute atomic E-state index is 0.0711. The Kier molecular flexibility index (Phi) is 4.34. The molecule has 0 saturated carbocycles. The van der Waals surface area contributed by atoms with E-state index in [9.17, 15) is 4.79 Å². The summed E-state index contributed by atoms with van der Waals surface area (Å²) < 4.78 is 12.8. The van der Waals surface area contributed by atoms with Gasteiger partial charge in [0.15, 0.2) is 11.5 Å². The van der Waals surface area contributed by atoms with E-state index in [-0.39, 0.29) is 11.3 Å². The van der Waals surface area contributed by atoms with Crippen LogP contribution in [0, 0.1) is 12.3 Å². The minimum Gasteiger partial charge on any atom is -0.454 e. The van der Waals surface area contributed by atoms with Gasteiger partial charge in [-0.1, -0.05) is 13.0 Å². The Balaban J connectivity index is 1.41. The minimum atomic E-state index is 0.0711. The van der Waals surface area contributed by atoms with E-state index in [1.165, 1.54) is 5.56 Å². The number of piperidine rings is 1. The molecule has 0 spiro atoms. The first-order valence-electron chi connectivity index (χ1n) is 9.16. The van der Waals surface area contributed by atoms with Crippen LogP contribution in [-0.2, 0) is 17.8 Å². The van der Waals surface area contributed by atoms with E-state index in [0.29, 0.717) is 19.8 Å². The Morgan fingerprint density at radius 3 is 2.88 bits per heavy atom. The Morgan fingerprint density at radius 2 is 2.08 bits per heavy atom. The van der Waals surface area contributed by atoms with Crippen LogP contribution in [0.5, 0.6) is 11.5 Å². The molecule has 26 heavy (non-hydrogen) atoms. The van der Waals surface area contributed by atoms with Crippen LogP contribution in [0.4, 0.5) is 0 Å². The van der Waals surface area contributed by atoms with E-state index < -0.39 is 0 Å². The summed E-state index contributed by atoms with van der Waals surface area (Å²) in [5.41, 5.74) is 2.44. The second-order valence-corrected chi connectivity index (χ2v) is 7.77. The zero-order chi connectivity index (χ0) is 18.1. The van der Waals surface area contributed by atoms with Crippen molar-refractivity contribution in [2.24, 2.45) is 5.41 Å². The maximum atomic E-state index is 12.4. The van der Waals surface area contributed by atoms with Crippen molar-refractivity contribution < 1.29 is 14.3 Å².